The van der Waals surface area contributed by atoms with E-state index in [-0.39, 0.29) is 24.0 Å². The summed E-state index contributed by atoms with van der Waals surface area (Å²) in [5.41, 5.74) is 0.780. The number of ether oxygens (including phenoxy) is 2. The minimum Gasteiger partial charge on any atom is -0.486 e. The normalized spacial score (nSPS) is 25.3. The molecule has 0 bridgehead atoms. The number of hydrogen-bond acceptors (Lipinski definition) is 4. The van der Waals surface area contributed by atoms with Crippen LogP contribution in [0.25, 0.3) is 0 Å². The molecule has 2 atom stereocenters. The Morgan fingerprint density at radius 1 is 1.19 bits per heavy atom. The number of rotatable bonds is 2. The molecule has 2 fully saturated rings. The summed E-state index contributed by atoms with van der Waals surface area (Å²) in [6.45, 7) is 4.40. The van der Waals surface area contributed by atoms with E-state index in [4.69, 9.17) is 9.47 Å². The lowest BCUT2D eigenvalue weighted by Crippen LogP contribution is -2.50. The molecule has 0 saturated carbocycles. The van der Waals surface area contributed by atoms with Gasteiger partial charge in [-0.3, -0.25) is 4.79 Å². The van der Waals surface area contributed by atoms with Gasteiger partial charge >= 0.3 is 6.03 Å². The number of benzene rings is 1. The third-order valence-corrected chi connectivity index (χ3v) is 5.35. The van der Waals surface area contributed by atoms with Gasteiger partial charge in [0.2, 0.25) is 5.91 Å². The van der Waals surface area contributed by atoms with Gasteiger partial charge in [-0.2, -0.15) is 0 Å². The largest absolute Gasteiger partial charge is 0.486 e. The van der Waals surface area contributed by atoms with Crippen molar-refractivity contribution in [1.82, 2.24) is 10.2 Å². The number of nitrogens with one attached hydrogen (secondary N) is 1. The highest BCUT2D eigenvalue weighted by atomic mass is 16.6. The molecular weight excluding hydrogens is 334 g/mol. The molecular formula is C19H25N3O4. The molecule has 0 spiro atoms. The van der Waals surface area contributed by atoms with Crippen molar-refractivity contribution in [3.63, 3.8) is 0 Å². The highest BCUT2D eigenvalue weighted by Gasteiger charge is 2.34. The summed E-state index contributed by atoms with van der Waals surface area (Å²) in [7, 11) is 0. The molecule has 3 aliphatic rings. The van der Waals surface area contributed by atoms with E-state index >= 15 is 0 Å². The van der Waals surface area contributed by atoms with Crippen LogP contribution in [0.5, 0.6) is 11.5 Å². The molecule has 2 saturated heterocycles. The summed E-state index contributed by atoms with van der Waals surface area (Å²) in [4.78, 5) is 28.6. The zero-order chi connectivity index (χ0) is 18.1. The van der Waals surface area contributed by atoms with E-state index in [0.29, 0.717) is 37.7 Å². The third kappa shape index (κ3) is 3.30. The Morgan fingerprint density at radius 3 is 2.81 bits per heavy atom. The lowest BCUT2D eigenvalue weighted by Gasteiger charge is -2.34. The van der Waals surface area contributed by atoms with Gasteiger partial charge in [0, 0.05) is 37.3 Å². The first-order valence-electron chi connectivity index (χ1n) is 9.39. The van der Waals surface area contributed by atoms with Gasteiger partial charge in [-0.05, 0) is 38.3 Å². The van der Waals surface area contributed by atoms with Crippen molar-refractivity contribution in [3.05, 3.63) is 18.2 Å². The Bertz CT molecular complexity index is 708. The number of amides is 3. The van der Waals surface area contributed by atoms with Crippen molar-refractivity contribution in [1.29, 1.82) is 0 Å². The maximum atomic E-state index is 12.6. The van der Waals surface area contributed by atoms with Crippen LogP contribution in [0.2, 0.25) is 0 Å². The summed E-state index contributed by atoms with van der Waals surface area (Å²) >= 11 is 0. The van der Waals surface area contributed by atoms with Crippen LogP contribution in [0.4, 0.5) is 10.5 Å². The smallest absolute Gasteiger partial charge is 0.317 e. The Hall–Kier alpha value is -2.44. The van der Waals surface area contributed by atoms with Gasteiger partial charge in [-0.1, -0.05) is 0 Å². The second-order valence-corrected chi connectivity index (χ2v) is 7.22. The fraction of sp³-hybridized carbons (Fsp3) is 0.579. The summed E-state index contributed by atoms with van der Waals surface area (Å²) < 4.78 is 11.1. The first-order valence-corrected chi connectivity index (χ1v) is 9.39. The van der Waals surface area contributed by atoms with E-state index in [9.17, 15) is 9.59 Å². The zero-order valence-corrected chi connectivity index (χ0v) is 15.1. The molecule has 7 nitrogen and oxygen atoms in total. The number of likely N-dealkylation sites (tertiary alicyclic amines) is 1. The van der Waals surface area contributed by atoms with E-state index < -0.39 is 0 Å². The van der Waals surface area contributed by atoms with Crippen LogP contribution in [0.15, 0.2) is 18.2 Å². The molecule has 7 heteroatoms. The summed E-state index contributed by atoms with van der Waals surface area (Å²) in [6.07, 6.45) is 3.58. The van der Waals surface area contributed by atoms with Gasteiger partial charge in [0.15, 0.2) is 11.5 Å². The van der Waals surface area contributed by atoms with E-state index in [1.54, 1.807) is 4.90 Å². The first kappa shape index (κ1) is 17.0. The van der Waals surface area contributed by atoms with Crippen LogP contribution < -0.4 is 19.7 Å². The molecule has 1 N–H and O–H groups in total. The number of fused-ring (bicyclic) bond motifs is 1. The average Bonchev–Trinajstić information content (AvgIpc) is 3.01. The van der Waals surface area contributed by atoms with Crippen LogP contribution in [-0.4, -0.2) is 55.2 Å². The molecule has 26 heavy (non-hydrogen) atoms. The number of urea groups is 1. The Kier molecular flexibility index (Phi) is 4.61. The molecule has 1 aromatic rings. The van der Waals surface area contributed by atoms with Crippen molar-refractivity contribution < 1.29 is 19.1 Å². The molecule has 1 aromatic carbocycles. The maximum absolute atomic E-state index is 12.6. The molecule has 0 aromatic heterocycles. The van der Waals surface area contributed by atoms with Crippen molar-refractivity contribution in [3.8, 4) is 11.5 Å². The van der Waals surface area contributed by atoms with Gasteiger partial charge in [-0.15, -0.1) is 0 Å². The molecule has 4 rings (SSSR count). The quantitative estimate of drug-likeness (QED) is 0.878. The standard InChI is InChI=1S/C19H25N3O4/c1-13-4-2-3-7-21(13)19(24)20-14-10-18(23)22(12-14)15-5-6-16-17(11-15)26-9-8-25-16/h5-6,11,13-14H,2-4,7-10,12H2,1H3,(H,20,24)/t13-,14-/m0/s1. The average molecular weight is 359 g/mol. The number of hydrogen-bond donors (Lipinski definition) is 1. The number of anilines is 1. The predicted molar refractivity (Wildman–Crippen MR) is 96.7 cm³/mol. The monoisotopic (exact) mass is 359 g/mol. The minimum atomic E-state index is -0.169. The van der Waals surface area contributed by atoms with Gasteiger partial charge < -0.3 is 24.6 Å². The molecule has 3 amide bonds. The Balaban J connectivity index is 1.41. The zero-order valence-electron chi connectivity index (χ0n) is 15.1. The molecule has 0 radical (unpaired) electrons. The van der Waals surface area contributed by atoms with E-state index in [2.05, 4.69) is 12.2 Å². The second-order valence-electron chi connectivity index (χ2n) is 7.22. The van der Waals surface area contributed by atoms with E-state index in [1.807, 2.05) is 23.1 Å². The summed E-state index contributed by atoms with van der Waals surface area (Å²) in [6, 6.07) is 5.57. The maximum Gasteiger partial charge on any atom is 0.317 e. The second kappa shape index (κ2) is 7.05. The summed E-state index contributed by atoms with van der Waals surface area (Å²) in [5.74, 6) is 1.38. The topological polar surface area (TPSA) is 71.1 Å². The van der Waals surface area contributed by atoms with Gasteiger partial charge in [0.05, 0.1) is 6.04 Å². The number of carbonyl (C=O) groups excluding carboxylic acids is 2. The van der Waals surface area contributed by atoms with Crippen LogP contribution in [0.3, 0.4) is 0 Å². The SMILES string of the molecule is C[C@H]1CCCCN1C(=O)N[C@H]1CC(=O)N(c2ccc3c(c2)OCCO3)C1. The van der Waals surface area contributed by atoms with Crippen molar-refractivity contribution in [2.75, 3.05) is 31.2 Å². The minimum absolute atomic E-state index is 0.0127. The molecule has 0 aliphatic carbocycles. The van der Waals surface area contributed by atoms with Crippen LogP contribution in [-0.2, 0) is 4.79 Å². The summed E-state index contributed by atoms with van der Waals surface area (Å²) in [5, 5.41) is 3.04. The van der Waals surface area contributed by atoms with Gasteiger partial charge in [-0.25, -0.2) is 4.79 Å². The highest BCUT2D eigenvalue weighted by Crippen LogP contribution is 2.35. The lowest BCUT2D eigenvalue weighted by molar-refractivity contribution is -0.117. The van der Waals surface area contributed by atoms with Crippen molar-refractivity contribution in [2.45, 2.75) is 44.7 Å². The molecule has 140 valence electrons. The van der Waals surface area contributed by atoms with E-state index in [1.165, 1.54) is 6.42 Å². The fourth-order valence-electron chi connectivity index (χ4n) is 3.91. The molecule has 3 heterocycles. The van der Waals surface area contributed by atoms with Crippen molar-refractivity contribution in [2.24, 2.45) is 0 Å². The number of carbonyl (C=O) groups is 2. The molecule has 0 unspecified atom stereocenters. The predicted octanol–water partition coefficient (Wildman–Crippen LogP) is 2.15. The number of nitrogens with zero attached hydrogens (tertiary/aromatic N) is 2. The highest BCUT2D eigenvalue weighted by molar-refractivity contribution is 5.97. The van der Waals surface area contributed by atoms with Crippen molar-refractivity contribution >= 4 is 17.6 Å². The van der Waals surface area contributed by atoms with Gasteiger partial charge in [0.25, 0.3) is 0 Å². The van der Waals surface area contributed by atoms with Gasteiger partial charge in [0.1, 0.15) is 13.2 Å². The number of piperidine rings is 1. The Morgan fingerprint density at radius 2 is 2.00 bits per heavy atom. The third-order valence-electron chi connectivity index (χ3n) is 5.35. The lowest BCUT2D eigenvalue weighted by atomic mass is 10.0. The fourth-order valence-corrected chi connectivity index (χ4v) is 3.91. The van der Waals surface area contributed by atoms with Crippen LogP contribution in [0, 0.1) is 0 Å². The van der Waals surface area contributed by atoms with Crippen LogP contribution >= 0.6 is 0 Å². The van der Waals surface area contributed by atoms with E-state index in [0.717, 1.165) is 25.1 Å². The van der Waals surface area contributed by atoms with Crippen LogP contribution in [0.1, 0.15) is 32.6 Å². The first-order chi connectivity index (χ1) is 12.6. The Labute approximate surface area is 153 Å². The molecule has 3 aliphatic heterocycles.